The predicted molar refractivity (Wildman–Crippen MR) is 165 cm³/mol. The van der Waals surface area contributed by atoms with E-state index < -0.39 is 35.2 Å². The Labute approximate surface area is 261 Å². The van der Waals surface area contributed by atoms with Gasteiger partial charge in [-0.25, -0.2) is 23.6 Å². The van der Waals surface area contributed by atoms with E-state index in [1.54, 1.807) is 18.2 Å². The molecule has 0 bridgehead atoms. The Morgan fingerprint density at radius 1 is 1.14 bits per heavy atom. The molecule has 2 aliphatic rings. The smallest absolute Gasteiger partial charge is 0.409 e. The largest absolute Gasteiger partial charge is 0.447 e. The zero-order valence-corrected chi connectivity index (χ0v) is 25.4. The predicted octanol–water partition coefficient (Wildman–Crippen LogP) is 6.61. The number of aliphatic imine (C=N–C) groups is 1. The first-order chi connectivity index (χ1) is 21.1. The van der Waals surface area contributed by atoms with Crippen LogP contribution in [0.15, 0.2) is 77.1 Å². The molecule has 2 atom stereocenters. The van der Waals surface area contributed by atoms with Gasteiger partial charge >= 0.3 is 6.09 Å². The van der Waals surface area contributed by atoms with Gasteiger partial charge in [-0.1, -0.05) is 48.0 Å². The van der Waals surface area contributed by atoms with Gasteiger partial charge in [0.05, 0.1) is 16.8 Å². The molecule has 12 heteroatoms. The molecule has 0 spiro atoms. The summed E-state index contributed by atoms with van der Waals surface area (Å²) in [5, 5.41) is 3.02. The second-order valence-electron chi connectivity index (χ2n) is 11.0. The highest BCUT2D eigenvalue weighted by atomic mass is 35.5. The number of benzene rings is 3. The number of nitrogens with zero attached hydrogens (tertiary/aromatic N) is 4. The lowest BCUT2D eigenvalue weighted by Crippen LogP contribution is -2.47. The van der Waals surface area contributed by atoms with Crippen LogP contribution in [0.4, 0.5) is 13.6 Å². The number of hydrogen-bond acceptors (Lipinski definition) is 7. The van der Waals surface area contributed by atoms with E-state index in [0.717, 1.165) is 29.5 Å². The number of halogens is 3. The molecule has 6 rings (SSSR count). The molecule has 44 heavy (non-hydrogen) atoms. The van der Waals surface area contributed by atoms with Crippen molar-refractivity contribution >= 4 is 40.9 Å². The Morgan fingerprint density at radius 2 is 1.84 bits per heavy atom. The van der Waals surface area contributed by atoms with E-state index in [9.17, 15) is 18.4 Å². The van der Waals surface area contributed by atoms with Crippen LogP contribution in [0.1, 0.15) is 30.0 Å². The minimum absolute atomic E-state index is 0.0880. The van der Waals surface area contributed by atoms with Gasteiger partial charge in [-0.2, -0.15) is 0 Å². The molecule has 2 amide bonds. The fraction of sp³-hybridized carbons (Fsp3) is 0.250. The van der Waals surface area contributed by atoms with Crippen molar-refractivity contribution in [1.82, 2.24) is 14.8 Å². The second-order valence-corrected chi connectivity index (χ2v) is 12.2. The number of carbonyl (C=O) groups excluding carboxylic acids is 2. The topological polar surface area (TPSA) is 101 Å². The number of hydrogen-bond donors (Lipinski definition) is 1. The number of carbonyl (C=O) groups is 2. The van der Waals surface area contributed by atoms with Gasteiger partial charge in [0.1, 0.15) is 23.2 Å². The van der Waals surface area contributed by atoms with E-state index >= 15 is 0 Å². The lowest BCUT2D eigenvalue weighted by Gasteiger charge is -2.32. The first-order valence-electron chi connectivity index (χ1n) is 13.9. The van der Waals surface area contributed by atoms with Gasteiger partial charge in [0.2, 0.25) is 0 Å². The summed E-state index contributed by atoms with van der Waals surface area (Å²) in [5.74, 6) is -2.63. The van der Waals surface area contributed by atoms with Crippen LogP contribution in [0.25, 0.3) is 21.8 Å². The molecule has 226 valence electrons. The third kappa shape index (κ3) is 5.41. The van der Waals surface area contributed by atoms with Crippen molar-refractivity contribution in [3.63, 3.8) is 0 Å². The molecular weight excluding hydrogens is 608 g/mol. The van der Waals surface area contributed by atoms with Crippen LogP contribution in [0.3, 0.4) is 0 Å². The fourth-order valence-electron chi connectivity index (χ4n) is 5.49. The molecule has 0 unspecified atom stereocenters. The molecule has 0 radical (unpaired) electrons. The zero-order chi connectivity index (χ0) is 31.2. The van der Waals surface area contributed by atoms with Crippen molar-refractivity contribution in [3.05, 3.63) is 99.9 Å². The second kappa shape index (κ2) is 11.6. The molecule has 1 aliphatic heterocycles. The zero-order valence-electron chi connectivity index (χ0n) is 23.8. The average molecular weight is 636 g/mol. The first kappa shape index (κ1) is 29.7. The molecule has 1 saturated carbocycles. The lowest BCUT2D eigenvalue weighted by molar-refractivity contribution is -0.134. The summed E-state index contributed by atoms with van der Waals surface area (Å²) in [6, 6.07) is 16.9. The Balaban J connectivity index is 1.42. The summed E-state index contributed by atoms with van der Waals surface area (Å²) in [5.41, 5.74) is 7.84. The lowest BCUT2D eigenvalue weighted by atomic mass is 9.84. The third-order valence-electron chi connectivity index (χ3n) is 7.77. The van der Waals surface area contributed by atoms with Crippen molar-refractivity contribution in [2.45, 2.75) is 24.4 Å². The van der Waals surface area contributed by atoms with Crippen LogP contribution >= 0.6 is 22.9 Å². The number of amides is 2. The molecule has 3 aromatic carbocycles. The molecule has 1 aliphatic carbocycles. The number of thiazole rings is 1. The average Bonchev–Trinajstić information content (AvgIpc) is 3.67. The Bertz CT molecular complexity index is 1760. The monoisotopic (exact) mass is 635 g/mol. The van der Waals surface area contributed by atoms with Gasteiger partial charge < -0.3 is 15.4 Å². The van der Waals surface area contributed by atoms with Crippen LogP contribution in [0.2, 0.25) is 5.02 Å². The minimum Gasteiger partial charge on any atom is -0.447 e. The fourth-order valence-corrected chi connectivity index (χ4v) is 6.61. The molecule has 1 fully saturated rings. The van der Waals surface area contributed by atoms with Crippen LogP contribution in [-0.4, -0.2) is 53.4 Å². The van der Waals surface area contributed by atoms with Crippen LogP contribution in [-0.2, 0) is 15.1 Å². The number of nitrogens with two attached hydrogens (primary N) is 1. The Morgan fingerprint density at radius 3 is 2.50 bits per heavy atom. The van der Waals surface area contributed by atoms with Gasteiger partial charge in [-0.05, 0) is 54.2 Å². The molecule has 1 aromatic heterocycles. The maximum absolute atomic E-state index is 14.4. The van der Waals surface area contributed by atoms with Crippen LogP contribution in [0, 0.1) is 17.6 Å². The van der Waals surface area contributed by atoms with Crippen molar-refractivity contribution in [2.24, 2.45) is 16.6 Å². The number of guanidine groups is 1. The van der Waals surface area contributed by atoms with Crippen molar-refractivity contribution in [2.75, 3.05) is 20.7 Å². The normalized spacial score (nSPS) is 18.7. The molecular formula is C32H28ClF2N5O3S. The molecule has 8 nitrogen and oxygen atoms in total. The van der Waals surface area contributed by atoms with E-state index in [1.807, 2.05) is 35.7 Å². The van der Waals surface area contributed by atoms with Gasteiger partial charge in [0.25, 0.3) is 5.91 Å². The molecule has 2 N–H and O–H groups in total. The summed E-state index contributed by atoms with van der Waals surface area (Å²) in [6.45, 7) is -0.272. The van der Waals surface area contributed by atoms with E-state index in [2.05, 4.69) is 4.99 Å². The summed E-state index contributed by atoms with van der Waals surface area (Å²) >= 11 is 8.07. The van der Waals surface area contributed by atoms with Gasteiger partial charge in [0.15, 0.2) is 11.5 Å². The number of ether oxygens (including phenoxy) is 1. The van der Waals surface area contributed by atoms with E-state index in [1.165, 1.54) is 35.2 Å². The highest BCUT2D eigenvalue weighted by Crippen LogP contribution is 2.53. The Hall–Kier alpha value is -4.35. The number of rotatable bonds is 8. The van der Waals surface area contributed by atoms with Gasteiger partial charge in [0, 0.05) is 36.7 Å². The van der Waals surface area contributed by atoms with Crippen LogP contribution in [0.5, 0.6) is 0 Å². The minimum atomic E-state index is -1.61. The third-order valence-corrected chi connectivity index (χ3v) is 8.98. The van der Waals surface area contributed by atoms with E-state index in [4.69, 9.17) is 27.1 Å². The van der Waals surface area contributed by atoms with Gasteiger partial charge in [-0.15, -0.1) is 11.3 Å². The van der Waals surface area contributed by atoms with E-state index in [0.29, 0.717) is 34.0 Å². The summed E-state index contributed by atoms with van der Waals surface area (Å²) in [4.78, 5) is 38.8. The maximum atomic E-state index is 14.4. The van der Waals surface area contributed by atoms with E-state index in [-0.39, 0.29) is 24.0 Å². The Kier molecular flexibility index (Phi) is 7.85. The van der Waals surface area contributed by atoms with Crippen molar-refractivity contribution < 1.29 is 23.1 Å². The molecule has 4 aromatic rings. The first-order valence-corrected chi connectivity index (χ1v) is 15.1. The summed E-state index contributed by atoms with van der Waals surface area (Å²) < 4.78 is 34.4. The van der Waals surface area contributed by atoms with Crippen molar-refractivity contribution in [1.29, 1.82) is 0 Å². The highest BCUT2D eigenvalue weighted by Gasteiger charge is 2.59. The molecule has 2 heterocycles. The number of aromatic nitrogens is 1. The highest BCUT2D eigenvalue weighted by molar-refractivity contribution is 7.13. The standard InChI is InChI=1S/C32H28ClF2N5O3S/c1-39(2)31(42)43-16-27(19-8-11-25(33)24(12-19)28-37-26(17-44-28)18-6-4-3-5-7-18)40-29(41)32(20-9-10-20,38-30(40)36)21-13-22(34)15-23(35)14-21/h3-8,11-15,17,20,27H,9-10,16H2,1-2H3,(H2,36,38)/t27-,32-/m1/s1. The summed E-state index contributed by atoms with van der Waals surface area (Å²) in [7, 11) is 3.08. The molecule has 0 saturated heterocycles. The van der Waals surface area contributed by atoms with Crippen LogP contribution < -0.4 is 5.73 Å². The maximum Gasteiger partial charge on any atom is 0.409 e. The quantitative estimate of drug-likeness (QED) is 0.235. The SMILES string of the molecule is CN(C)C(=O)OC[C@H](c1ccc(Cl)c(-c2nc(-c3ccccc3)cs2)c1)N1C(=O)[C@](c2cc(F)cc(F)c2)(C2CC2)N=C1N. The van der Waals surface area contributed by atoms with Gasteiger partial charge in [-0.3, -0.25) is 9.69 Å². The summed E-state index contributed by atoms with van der Waals surface area (Å²) in [6.07, 6.45) is 0.640. The van der Waals surface area contributed by atoms with Crippen molar-refractivity contribution in [3.8, 4) is 21.8 Å².